The van der Waals surface area contributed by atoms with Gasteiger partial charge in [0.25, 0.3) is 5.56 Å². The van der Waals surface area contributed by atoms with Crippen molar-refractivity contribution in [3.05, 3.63) is 32.7 Å². The van der Waals surface area contributed by atoms with Crippen molar-refractivity contribution in [1.29, 1.82) is 0 Å². The van der Waals surface area contributed by atoms with Crippen molar-refractivity contribution < 1.29 is 4.74 Å². The number of nitrogens with zero attached hydrogens (tertiary/aromatic N) is 1. The molecule has 2 rings (SSSR count). The molecule has 0 atom stereocenters. The van der Waals surface area contributed by atoms with Crippen LogP contribution in [0.2, 0.25) is 0 Å². The lowest BCUT2D eigenvalue weighted by Gasteiger charge is -2.35. The number of aromatic nitrogens is 1. The van der Waals surface area contributed by atoms with E-state index in [-0.39, 0.29) is 17.7 Å². The molecule has 1 fully saturated rings. The number of pyridine rings is 1. The molecule has 88 valence electrons. The molecule has 1 aliphatic carbocycles. The van der Waals surface area contributed by atoms with Crippen molar-refractivity contribution in [3.8, 4) is 0 Å². The van der Waals surface area contributed by atoms with E-state index in [1.807, 2.05) is 6.20 Å². The first-order chi connectivity index (χ1) is 7.65. The van der Waals surface area contributed by atoms with Crippen molar-refractivity contribution in [2.24, 2.45) is 0 Å². The molecule has 16 heavy (non-hydrogen) atoms. The summed E-state index contributed by atoms with van der Waals surface area (Å²) in [6, 6.07) is 2.02. The summed E-state index contributed by atoms with van der Waals surface area (Å²) in [5.41, 5.74) is 0.961. The lowest BCUT2D eigenvalue weighted by atomic mass is 9.89. The fourth-order valence-electron chi connectivity index (χ4n) is 1.92. The number of alkyl halides is 1. The van der Waals surface area contributed by atoms with E-state index in [2.05, 4.69) is 15.9 Å². The third kappa shape index (κ3) is 2.19. The van der Waals surface area contributed by atoms with Gasteiger partial charge in [-0.25, -0.2) is 0 Å². The monoisotopic (exact) mass is 305 g/mol. The molecule has 1 heterocycles. The van der Waals surface area contributed by atoms with Gasteiger partial charge in [0, 0.05) is 25.2 Å². The van der Waals surface area contributed by atoms with Crippen molar-refractivity contribution in [2.45, 2.75) is 30.9 Å². The van der Waals surface area contributed by atoms with Gasteiger partial charge in [-0.2, -0.15) is 0 Å². The second kappa shape index (κ2) is 4.90. The van der Waals surface area contributed by atoms with E-state index in [1.165, 1.54) is 0 Å². The number of hydrogen-bond acceptors (Lipinski definition) is 2. The minimum Gasteiger partial charge on any atom is -0.381 e. The first kappa shape index (κ1) is 12.1. The van der Waals surface area contributed by atoms with Crippen LogP contribution < -0.4 is 5.56 Å². The highest BCUT2D eigenvalue weighted by atomic mass is 79.9. The van der Waals surface area contributed by atoms with Crippen LogP contribution in [0.5, 0.6) is 0 Å². The zero-order valence-corrected chi connectivity index (χ0v) is 11.3. The molecular formula is C11H13BrClNO2. The van der Waals surface area contributed by atoms with Gasteiger partial charge in [0.05, 0.1) is 10.6 Å². The molecule has 0 spiro atoms. The maximum atomic E-state index is 11.9. The SMILES string of the molecule is COC1CC(n2cc(CCl)cc(Br)c2=O)C1. The van der Waals surface area contributed by atoms with E-state index in [4.69, 9.17) is 16.3 Å². The van der Waals surface area contributed by atoms with E-state index < -0.39 is 0 Å². The summed E-state index contributed by atoms with van der Waals surface area (Å²) in [5.74, 6) is 0.416. The average Bonchev–Trinajstić information content (AvgIpc) is 2.22. The van der Waals surface area contributed by atoms with Crippen LogP contribution in [0.4, 0.5) is 0 Å². The first-order valence-electron chi connectivity index (χ1n) is 5.15. The summed E-state index contributed by atoms with van der Waals surface area (Å²) < 4.78 is 7.55. The molecule has 0 unspecified atom stereocenters. The largest absolute Gasteiger partial charge is 0.381 e. The lowest BCUT2D eigenvalue weighted by molar-refractivity contribution is 0.00504. The van der Waals surface area contributed by atoms with Gasteiger partial charge in [0.2, 0.25) is 0 Å². The minimum atomic E-state index is 0.00780. The second-order valence-electron chi connectivity index (χ2n) is 4.03. The fourth-order valence-corrected chi connectivity index (χ4v) is 2.57. The zero-order chi connectivity index (χ0) is 11.7. The van der Waals surface area contributed by atoms with Crippen LogP contribution in [-0.4, -0.2) is 17.8 Å². The number of hydrogen-bond donors (Lipinski definition) is 0. The van der Waals surface area contributed by atoms with Crippen LogP contribution in [-0.2, 0) is 10.6 Å². The Labute approximate surface area is 107 Å². The summed E-state index contributed by atoms with van der Waals surface area (Å²) in [4.78, 5) is 11.9. The van der Waals surface area contributed by atoms with Gasteiger partial charge in [0.15, 0.2) is 0 Å². The highest BCUT2D eigenvalue weighted by Gasteiger charge is 2.31. The molecule has 5 heteroatoms. The summed E-state index contributed by atoms with van der Waals surface area (Å²) >= 11 is 9.05. The summed E-state index contributed by atoms with van der Waals surface area (Å²) in [7, 11) is 1.70. The average molecular weight is 307 g/mol. The Morgan fingerprint density at radius 2 is 2.31 bits per heavy atom. The smallest absolute Gasteiger partial charge is 0.265 e. The molecule has 0 aromatic carbocycles. The molecule has 1 aromatic heterocycles. The minimum absolute atomic E-state index is 0.00780. The summed E-state index contributed by atoms with van der Waals surface area (Å²) in [6.45, 7) is 0. The number of ether oxygens (including phenoxy) is 1. The Kier molecular flexibility index (Phi) is 3.72. The van der Waals surface area contributed by atoms with Crippen LogP contribution >= 0.6 is 27.5 Å². The van der Waals surface area contributed by atoms with E-state index in [0.29, 0.717) is 10.4 Å². The molecule has 3 nitrogen and oxygen atoms in total. The molecule has 0 radical (unpaired) electrons. The van der Waals surface area contributed by atoms with Gasteiger partial charge >= 0.3 is 0 Å². The van der Waals surface area contributed by atoms with Gasteiger partial charge in [-0.15, -0.1) is 11.6 Å². The van der Waals surface area contributed by atoms with Crippen LogP contribution in [0.3, 0.4) is 0 Å². The molecule has 0 bridgehead atoms. The predicted octanol–water partition coefficient (Wildman–Crippen LogP) is 2.70. The standard InChI is InChI=1S/C11H13BrClNO2/c1-16-9-3-8(4-9)14-6-7(5-13)2-10(12)11(14)15/h2,6,8-9H,3-5H2,1H3. The van der Waals surface area contributed by atoms with Crippen molar-refractivity contribution in [3.63, 3.8) is 0 Å². The number of rotatable bonds is 3. The van der Waals surface area contributed by atoms with Crippen molar-refractivity contribution in [2.75, 3.05) is 7.11 Å². The quantitative estimate of drug-likeness (QED) is 0.804. The van der Waals surface area contributed by atoms with Gasteiger partial charge in [-0.05, 0) is 40.4 Å². The topological polar surface area (TPSA) is 31.2 Å². The van der Waals surface area contributed by atoms with Crippen molar-refractivity contribution in [1.82, 2.24) is 4.57 Å². The first-order valence-corrected chi connectivity index (χ1v) is 6.47. The predicted molar refractivity (Wildman–Crippen MR) is 67.0 cm³/mol. The molecule has 1 aliphatic rings. The Morgan fingerprint density at radius 1 is 1.62 bits per heavy atom. The highest BCUT2D eigenvalue weighted by molar-refractivity contribution is 9.10. The molecule has 1 aromatic rings. The molecule has 0 amide bonds. The van der Waals surface area contributed by atoms with Gasteiger partial charge < -0.3 is 9.30 Å². The summed E-state index contributed by atoms with van der Waals surface area (Å²) in [6.07, 6.45) is 3.93. The van der Waals surface area contributed by atoms with E-state index in [9.17, 15) is 4.79 Å². The molecule has 0 saturated heterocycles. The Bertz CT molecular complexity index is 440. The lowest BCUT2D eigenvalue weighted by Crippen LogP contribution is -2.37. The molecule has 1 saturated carbocycles. The Morgan fingerprint density at radius 3 is 2.88 bits per heavy atom. The number of halogens is 2. The normalized spacial score (nSPS) is 24.2. The van der Waals surface area contributed by atoms with Crippen molar-refractivity contribution >= 4 is 27.5 Å². The van der Waals surface area contributed by atoms with E-state index >= 15 is 0 Å². The van der Waals surface area contributed by atoms with E-state index in [0.717, 1.165) is 18.4 Å². The van der Waals surface area contributed by atoms with Gasteiger partial charge in [0.1, 0.15) is 0 Å². The van der Waals surface area contributed by atoms with E-state index in [1.54, 1.807) is 17.7 Å². The molecular weight excluding hydrogens is 293 g/mol. The second-order valence-corrected chi connectivity index (χ2v) is 5.15. The van der Waals surface area contributed by atoms with Crippen LogP contribution in [0.25, 0.3) is 0 Å². The fraction of sp³-hybridized carbons (Fsp3) is 0.545. The maximum Gasteiger partial charge on any atom is 0.265 e. The van der Waals surface area contributed by atoms with Crippen LogP contribution in [0, 0.1) is 0 Å². The molecule has 0 N–H and O–H groups in total. The Balaban J connectivity index is 2.27. The summed E-state index contributed by atoms with van der Waals surface area (Å²) in [5, 5.41) is 0. The van der Waals surface area contributed by atoms with Gasteiger partial charge in [-0.1, -0.05) is 0 Å². The third-order valence-electron chi connectivity index (χ3n) is 3.01. The van der Waals surface area contributed by atoms with Crippen LogP contribution in [0.1, 0.15) is 24.4 Å². The maximum absolute atomic E-state index is 11.9. The number of methoxy groups -OCH3 is 1. The molecule has 0 aliphatic heterocycles. The highest BCUT2D eigenvalue weighted by Crippen LogP contribution is 2.33. The van der Waals surface area contributed by atoms with Gasteiger partial charge in [-0.3, -0.25) is 4.79 Å². The third-order valence-corrected chi connectivity index (χ3v) is 3.88. The zero-order valence-electron chi connectivity index (χ0n) is 8.95. The van der Waals surface area contributed by atoms with Crippen LogP contribution in [0.15, 0.2) is 21.5 Å². The Hall–Kier alpha value is -0.320.